The van der Waals surface area contributed by atoms with Crippen LogP contribution in [0.5, 0.6) is 0 Å². The molecule has 0 amide bonds. The monoisotopic (exact) mass is 159 g/mol. The lowest BCUT2D eigenvalue weighted by atomic mass is 9.96. The molecule has 1 aromatic carbocycles. The van der Waals surface area contributed by atoms with Crippen LogP contribution in [0.1, 0.15) is 11.1 Å². The molecule has 0 fully saturated rings. The van der Waals surface area contributed by atoms with Crippen LogP contribution in [-0.4, -0.2) is 10.9 Å². The normalized spacial score (nSPS) is 17.8. The molecular formula is C10H9NO. The van der Waals surface area contributed by atoms with E-state index in [4.69, 9.17) is 5.21 Å². The van der Waals surface area contributed by atoms with Gasteiger partial charge in [0.25, 0.3) is 0 Å². The number of allylic oxidation sites excluding steroid dienone is 1. The van der Waals surface area contributed by atoms with Crippen molar-refractivity contribution in [3.05, 3.63) is 41.5 Å². The SMILES string of the molecule is ON=C1C=Cc2ccccc2C1. The van der Waals surface area contributed by atoms with Gasteiger partial charge >= 0.3 is 0 Å². The van der Waals surface area contributed by atoms with E-state index in [0.717, 1.165) is 6.42 Å². The molecule has 0 unspecified atom stereocenters. The molecule has 60 valence electrons. The van der Waals surface area contributed by atoms with Crippen molar-refractivity contribution in [3.8, 4) is 0 Å². The van der Waals surface area contributed by atoms with Crippen molar-refractivity contribution >= 4 is 11.8 Å². The molecule has 0 heterocycles. The standard InChI is InChI=1S/C10H9NO/c12-11-10-6-5-8-3-1-2-4-9(8)7-10/h1-6,12H,7H2. The summed E-state index contributed by atoms with van der Waals surface area (Å²) in [6.45, 7) is 0. The van der Waals surface area contributed by atoms with Crippen LogP contribution in [0, 0.1) is 0 Å². The van der Waals surface area contributed by atoms with Crippen LogP contribution in [-0.2, 0) is 6.42 Å². The Morgan fingerprint density at radius 2 is 2.00 bits per heavy atom. The van der Waals surface area contributed by atoms with E-state index in [1.165, 1.54) is 11.1 Å². The highest BCUT2D eigenvalue weighted by Gasteiger charge is 2.07. The summed E-state index contributed by atoms with van der Waals surface area (Å²) in [4.78, 5) is 0. The van der Waals surface area contributed by atoms with Crippen molar-refractivity contribution < 1.29 is 5.21 Å². The highest BCUT2D eigenvalue weighted by atomic mass is 16.4. The van der Waals surface area contributed by atoms with Crippen LogP contribution in [0.4, 0.5) is 0 Å². The van der Waals surface area contributed by atoms with E-state index in [1.54, 1.807) is 0 Å². The summed E-state index contributed by atoms with van der Waals surface area (Å²) in [6.07, 6.45) is 4.53. The second-order valence-electron chi connectivity index (χ2n) is 2.80. The van der Waals surface area contributed by atoms with Gasteiger partial charge in [-0.25, -0.2) is 0 Å². The van der Waals surface area contributed by atoms with Gasteiger partial charge < -0.3 is 5.21 Å². The van der Waals surface area contributed by atoms with Crippen molar-refractivity contribution in [2.24, 2.45) is 5.16 Å². The summed E-state index contributed by atoms with van der Waals surface area (Å²) in [6, 6.07) is 8.10. The number of hydrogen-bond donors (Lipinski definition) is 1. The average molecular weight is 159 g/mol. The van der Waals surface area contributed by atoms with E-state index < -0.39 is 0 Å². The molecule has 0 aliphatic heterocycles. The molecule has 1 N–H and O–H groups in total. The van der Waals surface area contributed by atoms with Gasteiger partial charge in [0.1, 0.15) is 0 Å². The quantitative estimate of drug-likeness (QED) is 0.456. The van der Waals surface area contributed by atoms with Crippen molar-refractivity contribution in [3.63, 3.8) is 0 Å². The van der Waals surface area contributed by atoms with Gasteiger partial charge in [0.2, 0.25) is 0 Å². The zero-order valence-corrected chi connectivity index (χ0v) is 6.57. The maximum absolute atomic E-state index is 8.55. The summed E-state index contributed by atoms with van der Waals surface area (Å²) in [5, 5.41) is 11.7. The zero-order chi connectivity index (χ0) is 8.39. The number of oxime groups is 1. The van der Waals surface area contributed by atoms with Gasteiger partial charge in [-0.1, -0.05) is 35.5 Å². The molecule has 0 saturated heterocycles. The second kappa shape index (κ2) is 2.81. The Kier molecular flexibility index (Phi) is 1.67. The van der Waals surface area contributed by atoms with Crippen molar-refractivity contribution in [1.82, 2.24) is 0 Å². The Labute approximate surface area is 70.8 Å². The molecule has 0 saturated carbocycles. The van der Waals surface area contributed by atoms with E-state index in [-0.39, 0.29) is 0 Å². The molecule has 0 bridgehead atoms. The maximum atomic E-state index is 8.55. The summed E-state index contributed by atoms with van der Waals surface area (Å²) in [7, 11) is 0. The Morgan fingerprint density at radius 1 is 1.17 bits per heavy atom. The molecule has 2 rings (SSSR count). The van der Waals surface area contributed by atoms with Crippen molar-refractivity contribution in [1.29, 1.82) is 0 Å². The van der Waals surface area contributed by atoms with E-state index in [1.807, 2.05) is 30.4 Å². The topological polar surface area (TPSA) is 32.6 Å². The van der Waals surface area contributed by atoms with Gasteiger partial charge in [0, 0.05) is 6.42 Å². The number of fused-ring (bicyclic) bond motifs is 1. The van der Waals surface area contributed by atoms with Crippen LogP contribution < -0.4 is 0 Å². The third kappa shape index (κ3) is 1.11. The van der Waals surface area contributed by atoms with Crippen LogP contribution >= 0.6 is 0 Å². The lowest BCUT2D eigenvalue weighted by Gasteiger charge is -2.09. The zero-order valence-electron chi connectivity index (χ0n) is 6.57. The first-order valence-electron chi connectivity index (χ1n) is 3.87. The maximum Gasteiger partial charge on any atom is 0.0839 e. The predicted octanol–water partition coefficient (Wildman–Crippen LogP) is 2.09. The average Bonchev–Trinajstić information content (AvgIpc) is 2.17. The van der Waals surface area contributed by atoms with Gasteiger partial charge in [-0.05, 0) is 17.2 Å². The highest BCUT2D eigenvalue weighted by Crippen LogP contribution is 2.16. The smallest absolute Gasteiger partial charge is 0.0839 e. The molecule has 2 heteroatoms. The first-order chi connectivity index (χ1) is 5.90. The number of benzene rings is 1. The minimum Gasteiger partial charge on any atom is -0.411 e. The largest absolute Gasteiger partial charge is 0.411 e. The molecular weight excluding hydrogens is 150 g/mol. The molecule has 1 aliphatic rings. The molecule has 0 aromatic heterocycles. The lowest BCUT2D eigenvalue weighted by Crippen LogP contribution is -2.05. The Balaban J connectivity index is 2.46. The van der Waals surface area contributed by atoms with Gasteiger partial charge in [-0.3, -0.25) is 0 Å². The predicted molar refractivity (Wildman–Crippen MR) is 48.4 cm³/mol. The van der Waals surface area contributed by atoms with E-state index in [9.17, 15) is 0 Å². The molecule has 0 atom stereocenters. The first kappa shape index (κ1) is 7.10. The lowest BCUT2D eigenvalue weighted by molar-refractivity contribution is 0.318. The van der Waals surface area contributed by atoms with Gasteiger partial charge in [0.05, 0.1) is 5.71 Å². The fourth-order valence-corrected chi connectivity index (χ4v) is 1.37. The summed E-state index contributed by atoms with van der Waals surface area (Å²) in [5.74, 6) is 0. The van der Waals surface area contributed by atoms with E-state index in [2.05, 4.69) is 11.2 Å². The van der Waals surface area contributed by atoms with E-state index >= 15 is 0 Å². The molecule has 1 aromatic rings. The number of nitrogens with zero attached hydrogens (tertiary/aromatic N) is 1. The Hall–Kier alpha value is -1.57. The summed E-state index contributed by atoms with van der Waals surface area (Å²) in [5.41, 5.74) is 3.14. The van der Waals surface area contributed by atoms with Crippen LogP contribution in [0.2, 0.25) is 0 Å². The fourth-order valence-electron chi connectivity index (χ4n) is 1.37. The third-order valence-corrected chi connectivity index (χ3v) is 2.01. The number of rotatable bonds is 0. The molecule has 0 spiro atoms. The fraction of sp³-hybridized carbons (Fsp3) is 0.100. The van der Waals surface area contributed by atoms with Crippen LogP contribution in [0.15, 0.2) is 35.5 Å². The van der Waals surface area contributed by atoms with Crippen LogP contribution in [0.25, 0.3) is 6.08 Å². The Morgan fingerprint density at radius 3 is 2.83 bits per heavy atom. The Bertz CT molecular complexity index is 353. The van der Waals surface area contributed by atoms with E-state index in [0.29, 0.717) is 5.71 Å². The molecule has 12 heavy (non-hydrogen) atoms. The minimum absolute atomic E-state index is 0.716. The second-order valence-corrected chi connectivity index (χ2v) is 2.80. The molecule has 0 radical (unpaired) electrons. The highest BCUT2D eigenvalue weighted by molar-refractivity contribution is 6.02. The molecule has 1 aliphatic carbocycles. The summed E-state index contributed by atoms with van der Waals surface area (Å²) < 4.78 is 0. The van der Waals surface area contributed by atoms with Crippen molar-refractivity contribution in [2.45, 2.75) is 6.42 Å². The van der Waals surface area contributed by atoms with Crippen molar-refractivity contribution in [2.75, 3.05) is 0 Å². The van der Waals surface area contributed by atoms with Gasteiger partial charge in [-0.2, -0.15) is 0 Å². The first-order valence-corrected chi connectivity index (χ1v) is 3.87. The van der Waals surface area contributed by atoms with Crippen LogP contribution in [0.3, 0.4) is 0 Å². The van der Waals surface area contributed by atoms with Gasteiger partial charge in [-0.15, -0.1) is 0 Å². The minimum atomic E-state index is 0.716. The third-order valence-electron chi connectivity index (χ3n) is 2.01. The van der Waals surface area contributed by atoms with Gasteiger partial charge in [0.15, 0.2) is 0 Å². The number of hydrogen-bond acceptors (Lipinski definition) is 2. The molecule has 2 nitrogen and oxygen atoms in total. The summed E-state index contributed by atoms with van der Waals surface area (Å²) >= 11 is 0.